The Kier molecular flexibility index (Phi) is 3.94. The summed E-state index contributed by atoms with van der Waals surface area (Å²) in [7, 11) is 0. The Balaban J connectivity index is 2.12. The third kappa shape index (κ3) is 2.80. The minimum absolute atomic E-state index is 0.0663. The highest BCUT2D eigenvalue weighted by atomic mass is 35.5. The molecule has 1 aliphatic carbocycles. The zero-order chi connectivity index (χ0) is 15.0. The van der Waals surface area contributed by atoms with Crippen LogP contribution in [0.4, 0.5) is 0 Å². The minimum Gasteiger partial charge on any atom is -0.492 e. The zero-order valence-corrected chi connectivity index (χ0v) is 13.2. The SMILES string of the molecule is CC(C)c1c(OCC2CCC2)c2cc(Cl)ccc2[nH]c1=O. The molecule has 0 aliphatic heterocycles. The van der Waals surface area contributed by atoms with Gasteiger partial charge in [0.05, 0.1) is 17.7 Å². The molecule has 3 nitrogen and oxygen atoms in total. The molecule has 1 aliphatic rings. The molecule has 2 aromatic rings. The Hall–Kier alpha value is -1.48. The van der Waals surface area contributed by atoms with Gasteiger partial charge in [-0.1, -0.05) is 31.9 Å². The first-order valence-electron chi connectivity index (χ1n) is 7.54. The van der Waals surface area contributed by atoms with E-state index in [0.29, 0.717) is 28.9 Å². The summed E-state index contributed by atoms with van der Waals surface area (Å²) >= 11 is 6.12. The number of fused-ring (bicyclic) bond motifs is 1. The van der Waals surface area contributed by atoms with Crippen LogP contribution in [0.15, 0.2) is 23.0 Å². The summed E-state index contributed by atoms with van der Waals surface area (Å²) in [5.74, 6) is 1.44. The summed E-state index contributed by atoms with van der Waals surface area (Å²) in [6.45, 7) is 4.71. The van der Waals surface area contributed by atoms with Crippen LogP contribution in [-0.2, 0) is 0 Å². The van der Waals surface area contributed by atoms with E-state index in [4.69, 9.17) is 16.3 Å². The number of rotatable bonds is 4. The molecule has 1 aromatic carbocycles. The molecular weight excluding hydrogens is 286 g/mol. The molecule has 0 saturated heterocycles. The van der Waals surface area contributed by atoms with Crippen molar-refractivity contribution >= 4 is 22.5 Å². The van der Waals surface area contributed by atoms with E-state index in [-0.39, 0.29) is 11.5 Å². The second kappa shape index (κ2) is 5.72. The number of ether oxygens (including phenoxy) is 1. The standard InChI is InChI=1S/C17H20ClNO2/c1-10(2)15-16(21-9-11-4-3-5-11)13-8-12(18)6-7-14(13)19-17(15)20/h6-8,10-11H,3-5,9H2,1-2H3,(H,19,20). The van der Waals surface area contributed by atoms with Gasteiger partial charge in [0.25, 0.3) is 5.56 Å². The molecule has 21 heavy (non-hydrogen) atoms. The van der Waals surface area contributed by atoms with Gasteiger partial charge < -0.3 is 9.72 Å². The highest BCUT2D eigenvalue weighted by Gasteiger charge is 2.21. The van der Waals surface area contributed by atoms with E-state index in [9.17, 15) is 4.79 Å². The molecule has 1 fully saturated rings. The number of hydrogen-bond acceptors (Lipinski definition) is 2. The van der Waals surface area contributed by atoms with Crippen molar-refractivity contribution in [3.8, 4) is 5.75 Å². The van der Waals surface area contributed by atoms with Gasteiger partial charge in [0.1, 0.15) is 5.75 Å². The van der Waals surface area contributed by atoms with Crippen LogP contribution in [0.2, 0.25) is 5.02 Å². The van der Waals surface area contributed by atoms with Crippen molar-refractivity contribution in [3.05, 3.63) is 39.1 Å². The fourth-order valence-corrected chi connectivity index (χ4v) is 2.96. The van der Waals surface area contributed by atoms with Crippen LogP contribution in [0, 0.1) is 5.92 Å². The van der Waals surface area contributed by atoms with E-state index in [1.807, 2.05) is 26.0 Å². The molecule has 1 heterocycles. The minimum atomic E-state index is -0.0663. The van der Waals surface area contributed by atoms with Crippen LogP contribution in [0.1, 0.15) is 44.6 Å². The van der Waals surface area contributed by atoms with Crippen LogP contribution in [0.3, 0.4) is 0 Å². The number of aromatic amines is 1. The Morgan fingerprint density at radius 3 is 2.76 bits per heavy atom. The maximum absolute atomic E-state index is 12.3. The first-order valence-corrected chi connectivity index (χ1v) is 7.92. The number of H-pyrrole nitrogens is 1. The number of hydrogen-bond donors (Lipinski definition) is 1. The summed E-state index contributed by atoms with van der Waals surface area (Å²) in [5, 5.41) is 1.54. The molecule has 0 radical (unpaired) electrons. The topological polar surface area (TPSA) is 42.1 Å². The first kappa shape index (κ1) is 14.5. The Morgan fingerprint density at radius 1 is 1.38 bits per heavy atom. The third-order valence-electron chi connectivity index (χ3n) is 4.23. The molecule has 1 N–H and O–H groups in total. The predicted octanol–water partition coefficient (Wildman–Crippen LogP) is 4.48. The Labute approximate surface area is 129 Å². The van der Waals surface area contributed by atoms with E-state index >= 15 is 0 Å². The molecule has 1 saturated carbocycles. The van der Waals surface area contributed by atoms with E-state index in [2.05, 4.69) is 4.98 Å². The molecule has 1 aromatic heterocycles. The van der Waals surface area contributed by atoms with Gasteiger partial charge in [0.2, 0.25) is 0 Å². The Morgan fingerprint density at radius 2 is 2.14 bits per heavy atom. The third-order valence-corrected chi connectivity index (χ3v) is 4.46. The smallest absolute Gasteiger partial charge is 0.255 e. The number of nitrogens with one attached hydrogen (secondary N) is 1. The van der Waals surface area contributed by atoms with Crippen LogP contribution in [0.5, 0.6) is 5.75 Å². The lowest BCUT2D eigenvalue weighted by molar-refractivity contribution is 0.180. The van der Waals surface area contributed by atoms with Crippen molar-refractivity contribution < 1.29 is 4.74 Å². The monoisotopic (exact) mass is 305 g/mol. The number of benzene rings is 1. The van der Waals surface area contributed by atoms with Crippen molar-refractivity contribution in [3.63, 3.8) is 0 Å². The molecule has 3 rings (SSSR count). The van der Waals surface area contributed by atoms with Crippen LogP contribution < -0.4 is 10.3 Å². The van der Waals surface area contributed by atoms with Crippen LogP contribution >= 0.6 is 11.6 Å². The lowest BCUT2D eigenvalue weighted by Gasteiger charge is -2.26. The second-order valence-electron chi connectivity index (χ2n) is 6.15. The fraction of sp³-hybridized carbons (Fsp3) is 0.471. The largest absolute Gasteiger partial charge is 0.492 e. The van der Waals surface area contributed by atoms with Crippen LogP contribution in [-0.4, -0.2) is 11.6 Å². The van der Waals surface area contributed by atoms with Crippen molar-refractivity contribution in [2.75, 3.05) is 6.61 Å². The Bertz CT molecular complexity index is 717. The summed E-state index contributed by atoms with van der Waals surface area (Å²) in [4.78, 5) is 15.3. The number of aromatic nitrogens is 1. The number of pyridine rings is 1. The van der Waals surface area contributed by atoms with Gasteiger partial charge in [-0.3, -0.25) is 4.79 Å². The normalized spacial score (nSPS) is 15.4. The molecular formula is C17H20ClNO2. The van der Waals surface area contributed by atoms with Gasteiger partial charge in [-0.2, -0.15) is 0 Å². The van der Waals surface area contributed by atoms with Crippen LogP contribution in [0.25, 0.3) is 10.9 Å². The average molecular weight is 306 g/mol. The summed E-state index contributed by atoms with van der Waals surface area (Å²) in [6, 6.07) is 5.48. The van der Waals surface area contributed by atoms with Gasteiger partial charge in [0.15, 0.2) is 0 Å². The molecule has 0 spiro atoms. The first-order chi connectivity index (χ1) is 10.1. The lowest BCUT2D eigenvalue weighted by Crippen LogP contribution is -2.22. The van der Waals surface area contributed by atoms with E-state index in [0.717, 1.165) is 10.9 Å². The summed E-state index contributed by atoms with van der Waals surface area (Å²) in [5.41, 5.74) is 1.42. The molecule has 0 unspecified atom stereocenters. The fourth-order valence-electron chi connectivity index (χ4n) is 2.79. The van der Waals surface area contributed by atoms with Gasteiger partial charge in [0, 0.05) is 10.4 Å². The maximum Gasteiger partial charge on any atom is 0.255 e. The predicted molar refractivity (Wildman–Crippen MR) is 86.5 cm³/mol. The van der Waals surface area contributed by atoms with E-state index < -0.39 is 0 Å². The lowest BCUT2D eigenvalue weighted by atomic mass is 9.86. The summed E-state index contributed by atoms with van der Waals surface area (Å²) in [6.07, 6.45) is 3.73. The molecule has 4 heteroatoms. The zero-order valence-electron chi connectivity index (χ0n) is 12.4. The highest BCUT2D eigenvalue weighted by Crippen LogP contribution is 2.34. The molecule has 112 valence electrons. The van der Waals surface area contributed by atoms with Gasteiger partial charge in [-0.25, -0.2) is 0 Å². The quantitative estimate of drug-likeness (QED) is 0.904. The van der Waals surface area contributed by atoms with Crippen molar-refractivity contribution in [1.29, 1.82) is 0 Å². The summed E-state index contributed by atoms with van der Waals surface area (Å²) < 4.78 is 6.07. The second-order valence-corrected chi connectivity index (χ2v) is 6.59. The number of halogens is 1. The maximum atomic E-state index is 12.3. The van der Waals surface area contributed by atoms with Gasteiger partial charge in [-0.05, 0) is 42.9 Å². The van der Waals surface area contributed by atoms with E-state index in [1.54, 1.807) is 6.07 Å². The van der Waals surface area contributed by atoms with Gasteiger partial charge in [-0.15, -0.1) is 0 Å². The van der Waals surface area contributed by atoms with Crippen molar-refractivity contribution in [2.45, 2.75) is 39.0 Å². The van der Waals surface area contributed by atoms with E-state index in [1.165, 1.54) is 19.3 Å². The average Bonchev–Trinajstić information content (AvgIpc) is 2.37. The molecule has 0 bridgehead atoms. The molecule has 0 amide bonds. The molecule has 0 atom stereocenters. The van der Waals surface area contributed by atoms with Crippen molar-refractivity contribution in [2.24, 2.45) is 5.92 Å². The van der Waals surface area contributed by atoms with Gasteiger partial charge >= 0.3 is 0 Å². The highest BCUT2D eigenvalue weighted by molar-refractivity contribution is 6.31. The van der Waals surface area contributed by atoms with Crippen molar-refractivity contribution in [1.82, 2.24) is 4.98 Å².